The van der Waals surface area contributed by atoms with Gasteiger partial charge in [-0.3, -0.25) is 4.79 Å². The Kier molecular flexibility index (Phi) is 7.12. The fourth-order valence-corrected chi connectivity index (χ4v) is 2.54. The molecule has 0 fully saturated rings. The lowest BCUT2D eigenvalue weighted by Crippen LogP contribution is -2.37. The highest BCUT2D eigenvalue weighted by atomic mass is 35.5. The lowest BCUT2D eigenvalue weighted by atomic mass is 10.0. The van der Waals surface area contributed by atoms with Crippen molar-refractivity contribution in [2.75, 3.05) is 17.2 Å². The Balaban J connectivity index is 1.99. The molecule has 0 aliphatic rings. The first kappa shape index (κ1) is 22.5. The van der Waals surface area contributed by atoms with Gasteiger partial charge in [0.1, 0.15) is 11.8 Å². The standard InChI is InChI=1S/C18H19ClF3N3O4/c1-9(2)16(23-13-5-4-11(7-12(13)19)18(20,21)22)17(27)28-8-15(26)24-14-6-10(3)29-25-14/h4-7,9,16,23H,8H2,1-3H3,(H,24,25,26)/t16-/m1/s1. The van der Waals surface area contributed by atoms with E-state index in [1.54, 1.807) is 20.8 Å². The summed E-state index contributed by atoms with van der Waals surface area (Å²) in [5, 5.41) is 8.55. The summed E-state index contributed by atoms with van der Waals surface area (Å²) in [5.74, 6) is -1.01. The molecule has 0 unspecified atom stereocenters. The van der Waals surface area contributed by atoms with Gasteiger partial charge in [-0.25, -0.2) is 4.79 Å². The van der Waals surface area contributed by atoms with Crippen molar-refractivity contribution < 1.29 is 32.0 Å². The van der Waals surface area contributed by atoms with Gasteiger partial charge in [-0.05, 0) is 31.0 Å². The van der Waals surface area contributed by atoms with E-state index >= 15 is 0 Å². The quantitative estimate of drug-likeness (QED) is 0.633. The van der Waals surface area contributed by atoms with Crippen LogP contribution in [0.15, 0.2) is 28.8 Å². The molecule has 1 aromatic heterocycles. The topological polar surface area (TPSA) is 93.5 Å². The molecular formula is C18H19ClF3N3O4. The number of carbonyl (C=O) groups excluding carboxylic acids is 2. The lowest BCUT2D eigenvalue weighted by molar-refractivity contribution is -0.149. The molecular weight excluding hydrogens is 415 g/mol. The van der Waals surface area contributed by atoms with Gasteiger partial charge in [-0.1, -0.05) is 30.6 Å². The number of amides is 1. The average Bonchev–Trinajstić information content (AvgIpc) is 3.02. The number of carbonyl (C=O) groups is 2. The molecule has 2 N–H and O–H groups in total. The third kappa shape index (κ3) is 6.38. The Labute approximate surface area is 169 Å². The highest BCUT2D eigenvalue weighted by Gasteiger charge is 2.31. The molecule has 0 spiro atoms. The second-order valence-corrected chi connectivity index (χ2v) is 6.94. The number of aromatic nitrogens is 1. The van der Waals surface area contributed by atoms with E-state index in [0.29, 0.717) is 5.76 Å². The number of nitrogens with one attached hydrogen (secondary N) is 2. The number of hydrogen-bond donors (Lipinski definition) is 2. The molecule has 11 heteroatoms. The van der Waals surface area contributed by atoms with Gasteiger partial charge in [-0.2, -0.15) is 13.2 Å². The molecule has 0 saturated carbocycles. The van der Waals surface area contributed by atoms with Gasteiger partial charge in [0, 0.05) is 6.07 Å². The molecule has 0 aliphatic heterocycles. The summed E-state index contributed by atoms with van der Waals surface area (Å²) in [6.45, 7) is 4.48. The summed E-state index contributed by atoms with van der Waals surface area (Å²) < 4.78 is 48.1. The molecule has 1 aromatic carbocycles. The van der Waals surface area contributed by atoms with E-state index in [2.05, 4.69) is 15.8 Å². The minimum Gasteiger partial charge on any atom is -0.454 e. The maximum Gasteiger partial charge on any atom is 0.416 e. The van der Waals surface area contributed by atoms with Crippen LogP contribution in [0.3, 0.4) is 0 Å². The summed E-state index contributed by atoms with van der Waals surface area (Å²) in [4.78, 5) is 24.2. The number of nitrogens with zero attached hydrogens (tertiary/aromatic N) is 1. The number of anilines is 2. The van der Waals surface area contributed by atoms with E-state index in [1.165, 1.54) is 6.07 Å². The predicted octanol–water partition coefficient (Wildman–Crippen LogP) is 4.27. The van der Waals surface area contributed by atoms with Crippen LogP contribution in [0.25, 0.3) is 0 Å². The Morgan fingerprint density at radius 2 is 1.97 bits per heavy atom. The van der Waals surface area contributed by atoms with Crippen molar-refractivity contribution >= 4 is 35.0 Å². The molecule has 0 radical (unpaired) electrons. The van der Waals surface area contributed by atoms with E-state index in [1.807, 2.05) is 0 Å². The van der Waals surface area contributed by atoms with E-state index in [4.69, 9.17) is 20.9 Å². The lowest BCUT2D eigenvalue weighted by Gasteiger charge is -2.22. The largest absolute Gasteiger partial charge is 0.454 e. The fourth-order valence-electron chi connectivity index (χ4n) is 2.30. The van der Waals surface area contributed by atoms with Gasteiger partial charge in [-0.15, -0.1) is 0 Å². The summed E-state index contributed by atoms with van der Waals surface area (Å²) in [5.41, 5.74) is -0.769. The minimum atomic E-state index is -4.53. The van der Waals surface area contributed by atoms with E-state index < -0.39 is 36.3 Å². The fraction of sp³-hybridized carbons (Fsp3) is 0.389. The maximum atomic E-state index is 12.8. The van der Waals surface area contributed by atoms with Crippen molar-refractivity contribution in [3.8, 4) is 0 Å². The first-order chi connectivity index (χ1) is 13.5. The number of alkyl halides is 3. The van der Waals surface area contributed by atoms with Crippen LogP contribution < -0.4 is 10.6 Å². The van der Waals surface area contributed by atoms with Crippen molar-refractivity contribution in [2.45, 2.75) is 33.0 Å². The smallest absolute Gasteiger partial charge is 0.416 e. The SMILES string of the molecule is Cc1cc(NC(=O)COC(=O)[C@H](Nc2ccc(C(F)(F)F)cc2Cl)C(C)C)no1. The first-order valence-electron chi connectivity index (χ1n) is 8.50. The van der Waals surface area contributed by atoms with Gasteiger partial charge in [0.2, 0.25) is 0 Å². The molecule has 2 aromatic rings. The van der Waals surface area contributed by atoms with E-state index in [9.17, 15) is 22.8 Å². The second-order valence-electron chi connectivity index (χ2n) is 6.54. The zero-order valence-electron chi connectivity index (χ0n) is 15.8. The second kappa shape index (κ2) is 9.17. The van der Waals surface area contributed by atoms with Crippen LogP contribution in [0.5, 0.6) is 0 Å². The van der Waals surface area contributed by atoms with E-state index in [-0.39, 0.29) is 22.4 Å². The zero-order valence-corrected chi connectivity index (χ0v) is 16.5. The van der Waals surface area contributed by atoms with Crippen molar-refractivity contribution in [1.29, 1.82) is 0 Å². The third-order valence-corrected chi connectivity index (χ3v) is 4.08. The van der Waals surface area contributed by atoms with Crippen molar-refractivity contribution in [3.05, 3.63) is 40.6 Å². The van der Waals surface area contributed by atoms with Crippen LogP contribution in [-0.4, -0.2) is 29.7 Å². The monoisotopic (exact) mass is 433 g/mol. The van der Waals surface area contributed by atoms with Crippen LogP contribution in [0.1, 0.15) is 25.2 Å². The van der Waals surface area contributed by atoms with Crippen molar-refractivity contribution in [1.82, 2.24) is 5.16 Å². The summed E-state index contributed by atoms with van der Waals surface area (Å²) in [6, 6.07) is 3.30. The Bertz CT molecular complexity index is 883. The number of rotatable bonds is 7. The van der Waals surface area contributed by atoms with Crippen LogP contribution >= 0.6 is 11.6 Å². The molecule has 29 heavy (non-hydrogen) atoms. The molecule has 1 atom stereocenters. The predicted molar refractivity (Wildman–Crippen MR) is 99.5 cm³/mol. The van der Waals surface area contributed by atoms with Gasteiger partial charge in [0.25, 0.3) is 5.91 Å². The van der Waals surface area contributed by atoms with Crippen molar-refractivity contribution in [2.24, 2.45) is 5.92 Å². The number of aryl methyl sites for hydroxylation is 1. The molecule has 1 amide bonds. The van der Waals surface area contributed by atoms with Gasteiger partial charge < -0.3 is 19.9 Å². The molecule has 158 valence electrons. The minimum absolute atomic E-state index is 0.137. The molecule has 0 aliphatic carbocycles. The number of hydrogen-bond acceptors (Lipinski definition) is 6. The Morgan fingerprint density at radius 3 is 2.48 bits per heavy atom. The highest BCUT2D eigenvalue weighted by Crippen LogP contribution is 2.34. The van der Waals surface area contributed by atoms with Gasteiger partial charge in [0.05, 0.1) is 16.3 Å². The van der Waals surface area contributed by atoms with Crippen LogP contribution in [0, 0.1) is 12.8 Å². The molecule has 0 bridgehead atoms. The summed E-state index contributed by atoms with van der Waals surface area (Å²) in [6.07, 6.45) is -4.53. The van der Waals surface area contributed by atoms with Gasteiger partial charge >= 0.3 is 12.1 Å². The number of esters is 1. The van der Waals surface area contributed by atoms with E-state index in [0.717, 1.165) is 18.2 Å². The molecule has 1 heterocycles. The number of benzene rings is 1. The maximum absolute atomic E-state index is 12.8. The molecule has 0 saturated heterocycles. The van der Waals surface area contributed by atoms with Gasteiger partial charge in [0.15, 0.2) is 12.4 Å². The number of halogens is 4. The average molecular weight is 434 g/mol. The summed E-state index contributed by atoms with van der Waals surface area (Å²) >= 11 is 5.91. The summed E-state index contributed by atoms with van der Waals surface area (Å²) in [7, 11) is 0. The molecule has 2 rings (SSSR count). The number of ether oxygens (including phenoxy) is 1. The zero-order chi connectivity index (χ0) is 21.8. The highest BCUT2D eigenvalue weighted by molar-refractivity contribution is 6.33. The third-order valence-electron chi connectivity index (χ3n) is 3.77. The molecule has 7 nitrogen and oxygen atoms in total. The van der Waals surface area contributed by atoms with Crippen LogP contribution in [0.4, 0.5) is 24.7 Å². The normalized spacial score (nSPS) is 12.6. The first-order valence-corrected chi connectivity index (χ1v) is 8.88. The Hall–Kier alpha value is -2.75. The van der Waals surface area contributed by atoms with Crippen LogP contribution in [-0.2, 0) is 20.5 Å². The van der Waals surface area contributed by atoms with Crippen molar-refractivity contribution in [3.63, 3.8) is 0 Å². The Morgan fingerprint density at radius 1 is 1.28 bits per heavy atom. The van der Waals surface area contributed by atoms with Crippen LogP contribution in [0.2, 0.25) is 5.02 Å².